The predicted molar refractivity (Wildman–Crippen MR) is 125 cm³/mol. The van der Waals surface area contributed by atoms with Crippen LogP contribution in [0.1, 0.15) is 18.9 Å². The number of thioether (sulfide) groups is 1. The van der Waals surface area contributed by atoms with Crippen molar-refractivity contribution in [1.29, 1.82) is 0 Å². The molecule has 162 valence electrons. The van der Waals surface area contributed by atoms with Gasteiger partial charge in [0.2, 0.25) is 5.91 Å². The van der Waals surface area contributed by atoms with E-state index < -0.39 is 0 Å². The molecule has 2 heterocycles. The van der Waals surface area contributed by atoms with Crippen LogP contribution in [0.3, 0.4) is 0 Å². The van der Waals surface area contributed by atoms with Gasteiger partial charge in [-0.15, -0.1) is 10.2 Å². The maximum atomic E-state index is 13.1. The summed E-state index contributed by atoms with van der Waals surface area (Å²) in [6.07, 6.45) is 1.69. The van der Waals surface area contributed by atoms with E-state index in [1.54, 1.807) is 7.11 Å². The molecule has 1 atom stereocenters. The highest BCUT2D eigenvalue weighted by molar-refractivity contribution is 7.99. The number of halogens is 1. The molecular weight excluding hydrogens is 432 g/mol. The lowest BCUT2D eigenvalue weighted by atomic mass is 10.1. The summed E-state index contributed by atoms with van der Waals surface area (Å²) in [4.78, 5) is 15.0. The van der Waals surface area contributed by atoms with Crippen molar-refractivity contribution in [3.63, 3.8) is 0 Å². The highest BCUT2D eigenvalue weighted by atomic mass is 35.5. The van der Waals surface area contributed by atoms with Crippen molar-refractivity contribution in [2.75, 3.05) is 24.4 Å². The van der Waals surface area contributed by atoms with E-state index in [9.17, 15) is 4.79 Å². The van der Waals surface area contributed by atoms with Crippen molar-refractivity contribution < 1.29 is 9.53 Å². The van der Waals surface area contributed by atoms with Crippen molar-refractivity contribution in [2.24, 2.45) is 0 Å². The van der Waals surface area contributed by atoms with Gasteiger partial charge in [0.1, 0.15) is 0 Å². The van der Waals surface area contributed by atoms with Gasteiger partial charge in [0, 0.05) is 37.6 Å². The molecule has 0 radical (unpaired) electrons. The molecule has 1 aliphatic rings. The molecule has 1 aromatic heterocycles. The monoisotopic (exact) mass is 456 g/mol. The largest absolute Gasteiger partial charge is 0.385 e. The van der Waals surface area contributed by atoms with Crippen LogP contribution in [0.15, 0.2) is 53.7 Å². The Labute approximate surface area is 191 Å². The molecule has 8 heteroatoms. The number of amides is 1. The Balaban J connectivity index is 1.54. The second-order valence-electron chi connectivity index (χ2n) is 7.52. The minimum Gasteiger partial charge on any atom is -0.385 e. The molecule has 1 unspecified atom stereocenters. The Morgan fingerprint density at radius 2 is 1.97 bits per heavy atom. The third kappa shape index (κ3) is 4.63. The van der Waals surface area contributed by atoms with Gasteiger partial charge in [0.15, 0.2) is 11.0 Å². The fourth-order valence-corrected chi connectivity index (χ4v) is 4.99. The second kappa shape index (κ2) is 9.85. The zero-order chi connectivity index (χ0) is 21.8. The van der Waals surface area contributed by atoms with E-state index >= 15 is 0 Å². The molecule has 0 aliphatic carbocycles. The maximum absolute atomic E-state index is 13.1. The third-order valence-corrected chi connectivity index (χ3v) is 6.64. The lowest BCUT2D eigenvalue weighted by molar-refractivity contribution is -0.116. The molecule has 6 nitrogen and oxygen atoms in total. The van der Waals surface area contributed by atoms with E-state index in [-0.39, 0.29) is 11.9 Å². The molecule has 1 aliphatic heterocycles. The summed E-state index contributed by atoms with van der Waals surface area (Å²) in [5.74, 6) is 1.08. The van der Waals surface area contributed by atoms with Gasteiger partial charge < -0.3 is 14.2 Å². The summed E-state index contributed by atoms with van der Waals surface area (Å²) in [6, 6.07) is 15.9. The number of ether oxygens (including phenoxy) is 1. The summed E-state index contributed by atoms with van der Waals surface area (Å²) in [5, 5.41) is 10.1. The van der Waals surface area contributed by atoms with Gasteiger partial charge in [-0.3, -0.25) is 4.79 Å². The summed E-state index contributed by atoms with van der Waals surface area (Å²) in [7, 11) is 1.69. The predicted octanol–water partition coefficient (Wildman–Crippen LogP) is 4.70. The molecule has 0 fully saturated rings. The van der Waals surface area contributed by atoms with Crippen LogP contribution in [0.25, 0.3) is 11.4 Å². The number of aromatic nitrogens is 3. The smallest absolute Gasteiger partial charge is 0.237 e. The Morgan fingerprint density at radius 3 is 2.77 bits per heavy atom. The normalized spacial score (nSPS) is 15.3. The number of carbonyl (C=O) groups is 1. The van der Waals surface area contributed by atoms with E-state index in [0.29, 0.717) is 34.9 Å². The average Bonchev–Trinajstić information content (AvgIpc) is 3.32. The van der Waals surface area contributed by atoms with Crippen molar-refractivity contribution >= 4 is 35.0 Å². The molecule has 31 heavy (non-hydrogen) atoms. The zero-order valence-electron chi connectivity index (χ0n) is 17.6. The standard InChI is InChI=1S/C23H25ClN4O2S/c1-16-14-17-8-3-6-11-20(17)28(16)21(29)15-31-23-26-25-22(27(23)12-7-13-30-2)18-9-4-5-10-19(18)24/h3-6,8-11,16H,7,12-15H2,1-2H3. The molecule has 2 aromatic carbocycles. The highest BCUT2D eigenvalue weighted by Crippen LogP contribution is 2.33. The first kappa shape index (κ1) is 21.9. The van der Waals surface area contributed by atoms with E-state index in [1.165, 1.54) is 17.3 Å². The van der Waals surface area contributed by atoms with E-state index in [4.69, 9.17) is 16.3 Å². The Morgan fingerprint density at radius 1 is 1.19 bits per heavy atom. The fraction of sp³-hybridized carbons (Fsp3) is 0.348. The SMILES string of the molecule is COCCCn1c(SCC(=O)N2c3ccccc3CC2C)nnc1-c1ccccc1Cl. The molecule has 0 saturated heterocycles. The number of benzene rings is 2. The lowest BCUT2D eigenvalue weighted by Crippen LogP contribution is -2.37. The van der Waals surface area contributed by atoms with Crippen molar-refractivity contribution in [3.8, 4) is 11.4 Å². The van der Waals surface area contributed by atoms with Gasteiger partial charge in [-0.05, 0) is 43.5 Å². The molecule has 3 aromatic rings. The van der Waals surface area contributed by atoms with E-state index in [0.717, 1.165) is 24.1 Å². The molecular formula is C23H25ClN4O2S. The first-order valence-electron chi connectivity index (χ1n) is 10.3. The van der Waals surface area contributed by atoms with Crippen LogP contribution in [-0.4, -0.2) is 46.2 Å². The number of anilines is 1. The Kier molecular flexibility index (Phi) is 6.95. The van der Waals surface area contributed by atoms with Crippen molar-refractivity contribution in [1.82, 2.24) is 14.8 Å². The van der Waals surface area contributed by atoms with E-state index in [2.05, 4.69) is 23.2 Å². The van der Waals surface area contributed by atoms with Crippen LogP contribution in [0.5, 0.6) is 0 Å². The molecule has 0 N–H and O–H groups in total. The van der Waals surface area contributed by atoms with Gasteiger partial charge in [-0.25, -0.2) is 0 Å². The Bertz CT molecular complexity index is 1070. The van der Waals surface area contributed by atoms with Gasteiger partial charge in [0.25, 0.3) is 0 Å². The summed E-state index contributed by atoms with van der Waals surface area (Å²) < 4.78 is 7.24. The van der Waals surface area contributed by atoms with E-state index in [1.807, 2.05) is 51.9 Å². The first-order chi connectivity index (χ1) is 15.1. The average molecular weight is 457 g/mol. The van der Waals surface area contributed by atoms with Crippen LogP contribution < -0.4 is 4.90 Å². The Hall–Kier alpha value is -2.35. The number of rotatable bonds is 8. The van der Waals surface area contributed by atoms with Crippen LogP contribution in [0.4, 0.5) is 5.69 Å². The summed E-state index contributed by atoms with van der Waals surface area (Å²) in [5.41, 5.74) is 3.06. The van der Waals surface area contributed by atoms with Crippen LogP contribution in [0.2, 0.25) is 5.02 Å². The van der Waals surface area contributed by atoms with Gasteiger partial charge in [-0.2, -0.15) is 0 Å². The summed E-state index contributed by atoms with van der Waals surface area (Å²) >= 11 is 7.82. The first-order valence-corrected chi connectivity index (χ1v) is 11.7. The number of nitrogens with zero attached hydrogens (tertiary/aromatic N) is 4. The molecule has 4 rings (SSSR count). The minimum absolute atomic E-state index is 0.0770. The third-order valence-electron chi connectivity index (χ3n) is 5.36. The topological polar surface area (TPSA) is 60.2 Å². The maximum Gasteiger partial charge on any atom is 0.237 e. The number of methoxy groups -OCH3 is 1. The second-order valence-corrected chi connectivity index (χ2v) is 8.87. The van der Waals surface area contributed by atoms with Crippen LogP contribution in [0, 0.1) is 0 Å². The summed E-state index contributed by atoms with van der Waals surface area (Å²) in [6.45, 7) is 3.40. The van der Waals surface area contributed by atoms with Crippen LogP contribution >= 0.6 is 23.4 Å². The number of para-hydroxylation sites is 1. The number of hydrogen-bond acceptors (Lipinski definition) is 5. The number of carbonyl (C=O) groups excluding carboxylic acids is 1. The lowest BCUT2D eigenvalue weighted by Gasteiger charge is -2.22. The van der Waals surface area contributed by atoms with Gasteiger partial charge in [-0.1, -0.05) is 53.7 Å². The molecule has 1 amide bonds. The highest BCUT2D eigenvalue weighted by Gasteiger charge is 2.30. The van der Waals surface area contributed by atoms with Gasteiger partial charge >= 0.3 is 0 Å². The minimum atomic E-state index is 0.0770. The van der Waals surface area contributed by atoms with Crippen molar-refractivity contribution in [3.05, 3.63) is 59.1 Å². The number of hydrogen-bond donors (Lipinski definition) is 0. The van der Waals surface area contributed by atoms with Crippen molar-refractivity contribution in [2.45, 2.75) is 37.5 Å². The quantitative estimate of drug-likeness (QED) is 0.363. The molecule has 0 bridgehead atoms. The molecule has 0 saturated carbocycles. The molecule has 0 spiro atoms. The van der Waals surface area contributed by atoms with Gasteiger partial charge in [0.05, 0.1) is 10.8 Å². The van der Waals surface area contributed by atoms with Crippen LogP contribution in [-0.2, 0) is 22.5 Å². The number of fused-ring (bicyclic) bond motifs is 1. The fourth-order valence-electron chi connectivity index (χ4n) is 3.95. The zero-order valence-corrected chi connectivity index (χ0v) is 19.2.